The maximum absolute atomic E-state index is 13.0. The van der Waals surface area contributed by atoms with Crippen molar-refractivity contribution in [3.63, 3.8) is 0 Å². The maximum atomic E-state index is 13.0. The SMILES string of the molecule is N[C@@H](CC1CCC(F)(F)CC1)C(=O)NC1CC(O)C1. The molecule has 0 unspecified atom stereocenters. The van der Waals surface area contributed by atoms with Gasteiger partial charge in [0, 0.05) is 18.9 Å². The van der Waals surface area contributed by atoms with Crippen molar-refractivity contribution in [1.29, 1.82) is 0 Å². The number of aliphatic hydroxyl groups is 1. The lowest BCUT2D eigenvalue weighted by Crippen LogP contribution is -2.52. The maximum Gasteiger partial charge on any atom is 0.248 e. The minimum atomic E-state index is -2.54. The quantitative estimate of drug-likeness (QED) is 0.721. The zero-order chi connectivity index (χ0) is 14.0. The number of carbonyl (C=O) groups excluding carboxylic acids is 1. The van der Waals surface area contributed by atoms with Crippen LogP contribution >= 0.6 is 0 Å². The van der Waals surface area contributed by atoms with E-state index in [1.54, 1.807) is 0 Å². The Balaban J connectivity index is 1.69. The third kappa shape index (κ3) is 4.11. The molecule has 0 aromatic heterocycles. The molecule has 4 nitrogen and oxygen atoms in total. The van der Waals surface area contributed by atoms with Gasteiger partial charge in [-0.1, -0.05) is 0 Å². The van der Waals surface area contributed by atoms with E-state index in [4.69, 9.17) is 10.8 Å². The summed E-state index contributed by atoms with van der Waals surface area (Å²) >= 11 is 0. The topological polar surface area (TPSA) is 75.4 Å². The molecule has 0 bridgehead atoms. The second-order valence-electron chi connectivity index (χ2n) is 5.97. The molecule has 2 rings (SSSR count). The lowest BCUT2D eigenvalue weighted by atomic mass is 9.82. The Bertz CT molecular complexity index is 323. The van der Waals surface area contributed by atoms with E-state index in [2.05, 4.69) is 5.32 Å². The monoisotopic (exact) mass is 276 g/mol. The summed E-state index contributed by atoms with van der Waals surface area (Å²) in [6.07, 6.45) is 2.00. The fourth-order valence-electron chi connectivity index (χ4n) is 2.82. The van der Waals surface area contributed by atoms with Crippen LogP contribution in [0.1, 0.15) is 44.9 Å². The van der Waals surface area contributed by atoms with E-state index < -0.39 is 12.0 Å². The Morgan fingerprint density at radius 3 is 2.47 bits per heavy atom. The van der Waals surface area contributed by atoms with E-state index >= 15 is 0 Å². The first kappa shape index (κ1) is 14.7. The van der Waals surface area contributed by atoms with Gasteiger partial charge in [-0.3, -0.25) is 4.79 Å². The smallest absolute Gasteiger partial charge is 0.248 e. The molecule has 2 aliphatic carbocycles. The van der Waals surface area contributed by atoms with E-state index in [9.17, 15) is 13.6 Å². The number of hydrogen-bond acceptors (Lipinski definition) is 3. The molecule has 2 saturated carbocycles. The largest absolute Gasteiger partial charge is 0.393 e. The molecule has 0 aliphatic heterocycles. The summed E-state index contributed by atoms with van der Waals surface area (Å²) in [5.41, 5.74) is 5.82. The number of rotatable bonds is 4. The van der Waals surface area contributed by atoms with E-state index in [1.165, 1.54) is 0 Å². The highest BCUT2D eigenvalue weighted by Crippen LogP contribution is 2.37. The third-order valence-electron chi connectivity index (χ3n) is 4.22. The Kier molecular flexibility index (Phi) is 4.40. The van der Waals surface area contributed by atoms with Gasteiger partial charge in [-0.25, -0.2) is 8.78 Å². The van der Waals surface area contributed by atoms with Gasteiger partial charge >= 0.3 is 0 Å². The van der Waals surface area contributed by atoms with Crippen molar-refractivity contribution in [2.75, 3.05) is 0 Å². The highest BCUT2D eigenvalue weighted by molar-refractivity contribution is 5.81. The summed E-state index contributed by atoms with van der Waals surface area (Å²) in [5.74, 6) is -2.65. The van der Waals surface area contributed by atoms with Crippen LogP contribution in [0.5, 0.6) is 0 Å². The minimum Gasteiger partial charge on any atom is -0.393 e. The molecule has 0 radical (unpaired) electrons. The zero-order valence-corrected chi connectivity index (χ0v) is 10.9. The predicted octanol–water partition coefficient (Wildman–Crippen LogP) is 1.17. The molecule has 0 spiro atoms. The van der Waals surface area contributed by atoms with E-state index in [-0.39, 0.29) is 36.8 Å². The number of nitrogens with one attached hydrogen (secondary N) is 1. The lowest BCUT2D eigenvalue weighted by Gasteiger charge is -2.33. The van der Waals surface area contributed by atoms with Crippen molar-refractivity contribution in [2.24, 2.45) is 11.7 Å². The molecule has 6 heteroatoms. The number of hydrogen-bond donors (Lipinski definition) is 3. The second kappa shape index (κ2) is 5.71. The van der Waals surface area contributed by atoms with Crippen LogP contribution in [-0.2, 0) is 4.79 Å². The molecular weight excluding hydrogens is 254 g/mol. The first-order valence-electron chi connectivity index (χ1n) is 6.97. The van der Waals surface area contributed by atoms with Crippen LogP contribution < -0.4 is 11.1 Å². The average molecular weight is 276 g/mol. The van der Waals surface area contributed by atoms with Gasteiger partial charge in [0.1, 0.15) is 0 Å². The molecule has 4 N–H and O–H groups in total. The van der Waals surface area contributed by atoms with Crippen LogP contribution in [0.2, 0.25) is 0 Å². The summed E-state index contributed by atoms with van der Waals surface area (Å²) in [4.78, 5) is 11.8. The van der Waals surface area contributed by atoms with Crippen LogP contribution in [-0.4, -0.2) is 35.1 Å². The molecule has 2 fully saturated rings. The first-order valence-corrected chi connectivity index (χ1v) is 6.97. The molecule has 2 aliphatic rings. The van der Waals surface area contributed by atoms with Gasteiger partial charge < -0.3 is 16.2 Å². The minimum absolute atomic E-state index is 0.0178. The van der Waals surface area contributed by atoms with Crippen molar-refractivity contribution >= 4 is 5.91 Å². The summed E-state index contributed by atoms with van der Waals surface area (Å²) in [5, 5.41) is 11.9. The molecule has 19 heavy (non-hydrogen) atoms. The first-order chi connectivity index (χ1) is 8.85. The average Bonchev–Trinajstić information content (AvgIpc) is 2.29. The molecule has 0 aromatic carbocycles. The Morgan fingerprint density at radius 2 is 1.95 bits per heavy atom. The standard InChI is InChI=1S/C13H22F2N2O2/c14-13(15)3-1-8(2-4-13)5-11(16)12(19)17-9-6-10(18)7-9/h8-11,18H,1-7,16H2,(H,17,19)/t9?,10?,11-/m0/s1. The number of aliphatic hydroxyl groups excluding tert-OH is 1. The van der Waals surface area contributed by atoms with Crippen molar-refractivity contribution in [3.8, 4) is 0 Å². The van der Waals surface area contributed by atoms with E-state index in [0.29, 0.717) is 32.1 Å². The lowest BCUT2D eigenvalue weighted by molar-refractivity contribution is -0.125. The van der Waals surface area contributed by atoms with Gasteiger partial charge in [-0.15, -0.1) is 0 Å². The third-order valence-corrected chi connectivity index (χ3v) is 4.22. The zero-order valence-electron chi connectivity index (χ0n) is 10.9. The van der Waals surface area contributed by atoms with E-state index in [0.717, 1.165) is 0 Å². The number of halogens is 2. The van der Waals surface area contributed by atoms with Gasteiger partial charge in [0.15, 0.2) is 0 Å². The van der Waals surface area contributed by atoms with Crippen LogP contribution in [0, 0.1) is 5.92 Å². The van der Waals surface area contributed by atoms with E-state index in [1.807, 2.05) is 0 Å². The molecular formula is C13H22F2N2O2. The Morgan fingerprint density at radius 1 is 1.37 bits per heavy atom. The fourth-order valence-corrected chi connectivity index (χ4v) is 2.82. The van der Waals surface area contributed by atoms with Gasteiger partial charge in [0.05, 0.1) is 12.1 Å². The molecule has 110 valence electrons. The van der Waals surface area contributed by atoms with Crippen LogP contribution in [0.3, 0.4) is 0 Å². The number of alkyl halides is 2. The number of carbonyl (C=O) groups is 1. The molecule has 1 atom stereocenters. The van der Waals surface area contributed by atoms with Crippen molar-refractivity contribution in [1.82, 2.24) is 5.32 Å². The number of amides is 1. The normalized spacial score (nSPS) is 32.4. The van der Waals surface area contributed by atoms with Crippen LogP contribution in [0.25, 0.3) is 0 Å². The summed E-state index contributed by atoms with van der Waals surface area (Å²) in [6, 6.07) is -0.612. The van der Waals surface area contributed by atoms with Crippen LogP contribution in [0.4, 0.5) is 8.78 Å². The Labute approximate surface area is 111 Å². The van der Waals surface area contributed by atoms with Crippen molar-refractivity contribution in [3.05, 3.63) is 0 Å². The molecule has 0 heterocycles. The van der Waals surface area contributed by atoms with Gasteiger partial charge in [0.25, 0.3) is 0 Å². The molecule has 0 saturated heterocycles. The van der Waals surface area contributed by atoms with Gasteiger partial charge in [0.2, 0.25) is 11.8 Å². The summed E-state index contributed by atoms with van der Waals surface area (Å²) in [7, 11) is 0. The molecule has 0 aromatic rings. The van der Waals surface area contributed by atoms with Crippen LogP contribution in [0.15, 0.2) is 0 Å². The number of nitrogens with two attached hydrogens (primary N) is 1. The highest BCUT2D eigenvalue weighted by atomic mass is 19.3. The molecule has 1 amide bonds. The van der Waals surface area contributed by atoms with Gasteiger partial charge in [-0.05, 0) is 38.0 Å². The highest BCUT2D eigenvalue weighted by Gasteiger charge is 2.36. The summed E-state index contributed by atoms with van der Waals surface area (Å²) < 4.78 is 26.0. The van der Waals surface area contributed by atoms with Crippen molar-refractivity contribution in [2.45, 2.75) is 69.1 Å². The Hall–Kier alpha value is -0.750. The summed E-state index contributed by atoms with van der Waals surface area (Å²) in [6.45, 7) is 0. The predicted molar refractivity (Wildman–Crippen MR) is 66.7 cm³/mol. The van der Waals surface area contributed by atoms with Gasteiger partial charge in [-0.2, -0.15) is 0 Å². The fraction of sp³-hybridized carbons (Fsp3) is 0.923. The van der Waals surface area contributed by atoms with Crippen molar-refractivity contribution < 1.29 is 18.7 Å². The second-order valence-corrected chi connectivity index (χ2v) is 5.97.